The van der Waals surface area contributed by atoms with Crippen LogP contribution in [0, 0.1) is 0 Å². The number of ether oxygens (including phenoxy) is 1. The minimum absolute atomic E-state index is 0.132. The fraction of sp³-hybridized carbons (Fsp3) is 0.152. The number of halogens is 1. The second-order valence-electron chi connectivity index (χ2n) is 9.87. The summed E-state index contributed by atoms with van der Waals surface area (Å²) in [6.07, 6.45) is 1.74. The van der Waals surface area contributed by atoms with Crippen molar-refractivity contribution in [3.63, 3.8) is 0 Å². The van der Waals surface area contributed by atoms with E-state index in [0.29, 0.717) is 11.5 Å². The van der Waals surface area contributed by atoms with Crippen molar-refractivity contribution in [3.8, 4) is 22.6 Å². The highest BCUT2D eigenvalue weighted by Gasteiger charge is 2.21. The van der Waals surface area contributed by atoms with Gasteiger partial charge >= 0.3 is 5.97 Å². The largest absolute Gasteiger partial charge is 0.478 e. The van der Waals surface area contributed by atoms with Gasteiger partial charge in [0.15, 0.2) is 0 Å². The summed E-state index contributed by atoms with van der Waals surface area (Å²) in [6, 6.07) is 31.2. The van der Waals surface area contributed by atoms with Gasteiger partial charge in [-0.15, -0.1) is 0 Å². The first-order chi connectivity index (χ1) is 19.5. The van der Waals surface area contributed by atoms with Gasteiger partial charge in [-0.1, -0.05) is 54.1 Å². The van der Waals surface area contributed by atoms with Crippen LogP contribution in [0.25, 0.3) is 22.0 Å². The molecular formula is C33H28ClN3O3. The number of aromatic carboxylic acids is 1. The van der Waals surface area contributed by atoms with Crippen LogP contribution >= 0.6 is 11.6 Å². The van der Waals surface area contributed by atoms with Crippen molar-refractivity contribution >= 4 is 34.2 Å². The topological polar surface area (TPSA) is 65.9 Å². The van der Waals surface area contributed by atoms with Gasteiger partial charge in [0, 0.05) is 61.1 Å². The molecule has 0 atom stereocenters. The van der Waals surface area contributed by atoms with Crippen LogP contribution in [-0.4, -0.2) is 47.1 Å². The number of anilines is 1. The number of nitrogens with zero attached hydrogens (tertiary/aromatic N) is 3. The van der Waals surface area contributed by atoms with Crippen molar-refractivity contribution in [2.24, 2.45) is 0 Å². The number of carboxylic acids is 1. The van der Waals surface area contributed by atoms with Gasteiger partial charge in [0.2, 0.25) is 0 Å². The van der Waals surface area contributed by atoms with Crippen molar-refractivity contribution in [1.82, 2.24) is 9.88 Å². The zero-order valence-electron chi connectivity index (χ0n) is 21.8. The summed E-state index contributed by atoms with van der Waals surface area (Å²) < 4.78 is 6.12. The summed E-state index contributed by atoms with van der Waals surface area (Å²) in [6.45, 7) is 4.30. The van der Waals surface area contributed by atoms with Crippen LogP contribution in [0.1, 0.15) is 15.9 Å². The first kappa shape index (κ1) is 25.9. The van der Waals surface area contributed by atoms with E-state index in [1.165, 1.54) is 11.1 Å². The summed E-state index contributed by atoms with van der Waals surface area (Å²) in [4.78, 5) is 21.0. The first-order valence-electron chi connectivity index (χ1n) is 13.2. The number of benzene rings is 4. The zero-order chi connectivity index (χ0) is 27.5. The van der Waals surface area contributed by atoms with Gasteiger partial charge in [-0.2, -0.15) is 0 Å². The molecular weight excluding hydrogens is 522 g/mol. The smallest absolute Gasteiger partial charge is 0.339 e. The average molecular weight is 550 g/mol. The standard InChI is InChI=1S/C33H28ClN3O3/c34-26-9-7-23(8-10-26)29-6-2-1-4-25(29)22-36-16-18-37(19-17-36)27-11-13-30(33(38)39)32(21-27)40-28-12-14-31-24(20-28)5-3-15-35-31/h1-15,20-21H,16-19,22H2,(H,38,39). The van der Waals surface area contributed by atoms with Gasteiger partial charge < -0.3 is 14.7 Å². The normalized spacial score (nSPS) is 13.9. The molecule has 1 saturated heterocycles. The van der Waals surface area contributed by atoms with Gasteiger partial charge in [-0.3, -0.25) is 9.88 Å². The maximum Gasteiger partial charge on any atom is 0.339 e. The molecule has 0 aliphatic carbocycles. The van der Waals surface area contributed by atoms with Crippen LogP contribution in [0.15, 0.2) is 103 Å². The number of aromatic nitrogens is 1. The highest BCUT2D eigenvalue weighted by Crippen LogP contribution is 2.32. The van der Waals surface area contributed by atoms with Crippen molar-refractivity contribution < 1.29 is 14.6 Å². The molecule has 4 aromatic carbocycles. The highest BCUT2D eigenvalue weighted by molar-refractivity contribution is 6.30. The zero-order valence-corrected chi connectivity index (χ0v) is 22.6. The molecule has 200 valence electrons. The van der Waals surface area contributed by atoms with E-state index in [1.54, 1.807) is 12.3 Å². The molecule has 1 fully saturated rings. The molecule has 0 amide bonds. The third-order valence-electron chi connectivity index (χ3n) is 7.30. The summed E-state index contributed by atoms with van der Waals surface area (Å²) in [5, 5.41) is 11.5. The predicted molar refractivity (Wildman–Crippen MR) is 160 cm³/mol. The lowest BCUT2D eigenvalue weighted by Gasteiger charge is -2.36. The van der Waals surface area contributed by atoms with E-state index < -0.39 is 5.97 Å². The Hall–Kier alpha value is -4.39. The van der Waals surface area contributed by atoms with E-state index >= 15 is 0 Å². The molecule has 0 radical (unpaired) electrons. The number of piperazine rings is 1. The van der Waals surface area contributed by atoms with Crippen LogP contribution < -0.4 is 9.64 Å². The van der Waals surface area contributed by atoms with Crippen LogP contribution in [0.3, 0.4) is 0 Å². The van der Waals surface area contributed by atoms with Crippen molar-refractivity contribution in [1.29, 1.82) is 0 Å². The maximum absolute atomic E-state index is 12.0. The second kappa shape index (κ2) is 11.4. The van der Waals surface area contributed by atoms with E-state index in [4.69, 9.17) is 16.3 Å². The summed E-state index contributed by atoms with van der Waals surface area (Å²) in [7, 11) is 0. The molecule has 1 aromatic heterocycles. The number of rotatable bonds is 7. The third kappa shape index (κ3) is 5.64. The average Bonchev–Trinajstić information content (AvgIpc) is 2.98. The fourth-order valence-electron chi connectivity index (χ4n) is 5.19. The van der Waals surface area contributed by atoms with Crippen LogP contribution in [0.4, 0.5) is 5.69 Å². The Balaban J connectivity index is 1.16. The number of hydrogen-bond donors (Lipinski definition) is 1. The Kier molecular flexibility index (Phi) is 7.36. The molecule has 6 rings (SSSR count). The van der Waals surface area contributed by atoms with Crippen LogP contribution in [0.5, 0.6) is 11.5 Å². The SMILES string of the molecule is O=C(O)c1ccc(N2CCN(Cc3ccccc3-c3ccc(Cl)cc3)CC2)cc1Oc1ccc2ncccc2c1. The molecule has 1 aliphatic rings. The molecule has 7 heteroatoms. The lowest BCUT2D eigenvalue weighted by atomic mass is 9.99. The Morgan fingerprint density at radius 1 is 0.875 bits per heavy atom. The van der Waals surface area contributed by atoms with Gasteiger partial charge in [-0.25, -0.2) is 4.79 Å². The highest BCUT2D eigenvalue weighted by atomic mass is 35.5. The van der Waals surface area contributed by atoms with Gasteiger partial charge in [0.1, 0.15) is 17.1 Å². The van der Waals surface area contributed by atoms with Gasteiger partial charge in [0.25, 0.3) is 0 Å². The third-order valence-corrected chi connectivity index (χ3v) is 7.55. The second-order valence-corrected chi connectivity index (χ2v) is 10.3. The summed E-state index contributed by atoms with van der Waals surface area (Å²) in [5.74, 6) is -0.120. The molecule has 40 heavy (non-hydrogen) atoms. The molecule has 0 bridgehead atoms. The lowest BCUT2D eigenvalue weighted by molar-refractivity contribution is 0.0694. The molecule has 0 unspecified atom stereocenters. The summed E-state index contributed by atoms with van der Waals surface area (Å²) in [5.41, 5.74) is 5.60. The Bertz CT molecular complexity index is 1660. The first-order valence-corrected chi connectivity index (χ1v) is 13.6. The van der Waals surface area contributed by atoms with E-state index in [9.17, 15) is 9.90 Å². The van der Waals surface area contributed by atoms with Crippen LogP contribution in [0.2, 0.25) is 5.02 Å². The number of carbonyl (C=O) groups is 1. The van der Waals surface area contributed by atoms with Crippen LogP contribution in [-0.2, 0) is 6.54 Å². The number of carboxylic acid groups (broad SMARTS) is 1. The number of hydrogen-bond acceptors (Lipinski definition) is 5. The van der Waals surface area contributed by atoms with Crippen molar-refractivity contribution in [2.75, 3.05) is 31.1 Å². The molecule has 1 N–H and O–H groups in total. The molecule has 5 aromatic rings. The molecule has 1 aliphatic heterocycles. The number of fused-ring (bicyclic) bond motifs is 1. The van der Waals surface area contributed by atoms with E-state index in [1.807, 2.05) is 54.6 Å². The van der Waals surface area contributed by atoms with Gasteiger partial charge in [0.05, 0.1) is 5.52 Å². The van der Waals surface area contributed by atoms with Crippen molar-refractivity contribution in [2.45, 2.75) is 6.54 Å². The fourth-order valence-corrected chi connectivity index (χ4v) is 5.31. The quantitative estimate of drug-likeness (QED) is 0.229. The Labute approximate surface area is 238 Å². The minimum atomic E-state index is -1.02. The number of pyridine rings is 1. The molecule has 2 heterocycles. The van der Waals surface area contributed by atoms with E-state index in [-0.39, 0.29) is 5.56 Å². The van der Waals surface area contributed by atoms with E-state index in [2.05, 4.69) is 51.2 Å². The summed E-state index contributed by atoms with van der Waals surface area (Å²) >= 11 is 6.10. The van der Waals surface area contributed by atoms with E-state index in [0.717, 1.165) is 59.9 Å². The molecule has 6 nitrogen and oxygen atoms in total. The minimum Gasteiger partial charge on any atom is -0.478 e. The predicted octanol–water partition coefficient (Wildman–Crippen LogP) is 7.37. The lowest BCUT2D eigenvalue weighted by Crippen LogP contribution is -2.46. The molecule has 0 spiro atoms. The Morgan fingerprint density at radius 2 is 1.68 bits per heavy atom. The van der Waals surface area contributed by atoms with Gasteiger partial charge in [-0.05, 0) is 65.2 Å². The molecule has 0 saturated carbocycles. The Morgan fingerprint density at radius 3 is 2.48 bits per heavy atom. The monoisotopic (exact) mass is 549 g/mol. The maximum atomic E-state index is 12.0. The van der Waals surface area contributed by atoms with Crippen molar-refractivity contribution in [3.05, 3.63) is 119 Å².